The van der Waals surface area contributed by atoms with Gasteiger partial charge in [0.25, 0.3) is 5.91 Å². The van der Waals surface area contributed by atoms with Crippen LogP contribution < -0.4 is 10.2 Å². The molecule has 0 radical (unpaired) electrons. The molecule has 1 heterocycles. The number of benzene rings is 2. The number of amides is 1. The second-order valence-corrected chi connectivity index (χ2v) is 5.27. The van der Waals surface area contributed by atoms with Crippen LogP contribution in [0.3, 0.4) is 0 Å². The lowest BCUT2D eigenvalue weighted by Gasteiger charge is -2.13. The van der Waals surface area contributed by atoms with Crippen LogP contribution in [0.4, 0.5) is 5.69 Å². The summed E-state index contributed by atoms with van der Waals surface area (Å²) in [6.07, 6.45) is 0. The van der Waals surface area contributed by atoms with Gasteiger partial charge in [0, 0.05) is 31.9 Å². The molecule has 6 heteroatoms. The number of fused-ring (bicyclic) bond motifs is 1. The van der Waals surface area contributed by atoms with Gasteiger partial charge in [-0.3, -0.25) is 4.79 Å². The molecule has 1 aromatic heterocycles. The Kier molecular flexibility index (Phi) is 3.74. The van der Waals surface area contributed by atoms with E-state index in [1.807, 2.05) is 43.3 Å². The van der Waals surface area contributed by atoms with Crippen LogP contribution in [0.2, 0.25) is 0 Å². The number of hydrogen-bond acceptors (Lipinski definition) is 4. The van der Waals surface area contributed by atoms with Gasteiger partial charge in [-0.25, -0.2) is 0 Å². The van der Waals surface area contributed by atoms with Crippen molar-refractivity contribution in [3.63, 3.8) is 0 Å². The number of aromatic amines is 1. The van der Waals surface area contributed by atoms with E-state index in [0.717, 1.165) is 16.8 Å². The lowest BCUT2D eigenvalue weighted by molar-refractivity contribution is 0.0951. The molecule has 0 aliphatic carbocycles. The number of carbonyl (C=O) groups excluding carboxylic acids is 1. The molecule has 2 aromatic carbocycles. The number of nitrogens with one attached hydrogen (secondary N) is 2. The number of aromatic nitrogens is 3. The van der Waals surface area contributed by atoms with Crippen LogP contribution in [-0.4, -0.2) is 35.4 Å². The Balaban J connectivity index is 1.66. The highest BCUT2D eigenvalue weighted by molar-refractivity contribution is 5.97. The summed E-state index contributed by atoms with van der Waals surface area (Å²) in [4.78, 5) is 14.2. The zero-order valence-corrected chi connectivity index (χ0v) is 12.5. The fourth-order valence-corrected chi connectivity index (χ4v) is 2.18. The monoisotopic (exact) mass is 295 g/mol. The van der Waals surface area contributed by atoms with Crippen LogP contribution in [0.15, 0.2) is 42.5 Å². The van der Waals surface area contributed by atoms with Crippen molar-refractivity contribution >= 4 is 22.6 Å². The molecule has 0 aliphatic heterocycles. The van der Waals surface area contributed by atoms with E-state index in [0.29, 0.717) is 17.6 Å². The summed E-state index contributed by atoms with van der Waals surface area (Å²) < 4.78 is 0. The van der Waals surface area contributed by atoms with Crippen LogP contribution >= 0.6 is 0 Å². The number of rotatable bonds is 4. The average Bonchev–Trinajstić information content (AvgIpc) is 3.00. The van der Waals surface area contributed by atoms with Gasteiger partial charge in [-0.2, -0.15) is 15.4 Å². The second-order valence-electron chi connectivity index (χ2n) is 5.27. The van der Waals surface area contributed by atoms with Gasteiger partial charge < -0.3 is 10.2 Å². The van der Waals surface area contributed by atoms with Gasteiger partial charge in [-0.1, -0.05) is 12.1 Å². The van der Waals surface area contributed by atoms with E-state index in [4.69, 9.17) is 0 Å². The third-order valence-electron chi connectivity index (χ3n) is 3.48. The first kappa shape index (κ1) is 14.1. The van der Waals surface area contributed by atoms with Crippen LogP contribution in [0.25, 0.3) is 11.0 Å². The van der Waals surface area contributed by atoms with Crippen molar-refractivity contribution < 1.29 is 4.79 Å². The number of carbonyl (C=O) groups is 1. The van der Waals surface area contributed by atoms with Gasteiger partial charge >= 0.3 is 0 Å². The highest BCUT2D eigenvalue weighted by Crippen LogP contribution is 2.13. The number of anilines is 1. The van der Waals surface area contributed by atoms with Gasteiger partial charge in [0.15, 0.2) is 0 Å². The lowest BCUT2D eigenvalue weighted by atomic mass is 10.1. The van der Waals surface area contributed by atoms with Crippen LogP contribution in [0, 0.1) is 0 Å². The summed E-state index contributed by atoms with van der Waals surface area (Å²) in [6.45, 7) is 0.489. The molecule has 0 atom stereocenters. The van der Waals surface area contributed by atoms with E-state index in [1.165, 1.54) is 0 Å². The summed E-state index contributed by atoms with van der Waals surface area (Å²) >= 11 is 0. The minimum Gasteiger partial charge on any atom is -0.378 e. The maximum atomic E-state index is 12.2. The Labute approximate surface area is 128 Å². The van der Waals surface area contributed by atoms with Crippen molar-refractivity contribution in [3.05, 3.63) is 53.6 Å². The van der Waals surface area contributed by atoms with Crippen LogP contribution in [0.5, 0.6) is 0 Å². The molecule has 2 N–H and O–H groups in total. The smallest absolute Gasteiger partial charge is 0.251 e. The van der Waals surface area contributed by atoms with E-state index >= 15 is 0 Å². The quantitative estimate of drug-likeness (QED) is 0.771. The third kappa shape index (κ3) is 2.90. The fraction of sp³-hybridized carbons (Fsp3) is 0.188. The first-order valence-electron chi connectivity index (χ1n) is 6.98. The van der Waals surface area contributed by atoms with Gasteiger partial charge in [-0.05, 0) is 35.9 Å². The molecule has 3 rings (SSSR count). The normalized spacial score (nSPS) is 10.6. The predicted molar refractivity (Wildman–Crippen MR) is 85.8 cm³/mol. The molecule has 1 amide bonds. The maximum absolute atomic E-state index is 12.2. The molecule has 0 unspecified atom stereocenters. The summed E-state index contributed by atoms with van der Waals surface area (Å²) in [5, 5.41) is 13.4. The van der Waals surface area contributed by atoms with Crippen molar-refractivity contribution in [2.45, 2.75) is 6.54 Å². The van der Waals surface area contributed by atoms with E-state index in [2.05, 4.69) is 20.7 Å². The molecule has 6 nitrogen and oxygen atoms in total. The molecule has 112 valence electrons. The Morgan fingerprint density at radius 2 is 1.82 bits per heavy atom. The van der Waals surface area contributed by atoms with Gasteiger partial charge in [0.2, 0.25) is 0 Å². The molecule has 22 heavy (non-hydrogen) atoms. The molecule has 0 spiro atoms. The molecule has 0 bridgehead atoms. The number of H-pyrrole nitrogens is 1. The van der Waals surface area contributed by atoms with Crippen molar-refractivity contribution in [3.8, 4) is 0 Å². The van der Waals surface area contributed by atoms with Crippen LogP contribution in [0.1, 0.15) is 15.9 Å². The van der Waals surface area contributed by atoms with Crippen molar-refractivity contribution in [1.29, 1.82) is 0 Å². The van der Waals surface area contributed by atoms with Gasteiger partial charge in [0.05, 0.1) is 0 Å². The Morgan fingerprint density at radius 1 is 1.09 bits per heavy atom. The average molecular weight is 295 g/mol. The summed E-state index contributed by atoms with van der Waals surface area (Å²) in [5.74, 6) is -0.124. The molecule has 0 saturated heterocycles. The number of hydrogen-bond donors (Lipinski definition) is 2. The Bertz CT molecular complexity index is 792. The zero-order valence-electron chi connectivity index (χ0n) is 12.5. The van der Waals surface area contributed by atoms with Crippen molar-refractivity contribution in [2.24, 2.45) is 0 Å². The highest BCUT2D eigenvalue weighted by atomic mass is 16.1. The Morgan fingerprint density at radius 3 is 2.55 bits per heavy atom. The standard InChI is InChI=1S/C16H17N5O/c1-21(2)13-6-3-11(4-7-13)10-17-16(22)12-5-8-14-15(9-12)19-20-18-14/h3-9H,10H2,1-2H3,(H,17,22)(H,18,19,20). The molecule has 0 saturated carbocycles. The second kappa shape index (κ2) is 5.85. The van der Waals surface area contributed by atoms with E-state index in [1.54, 1.807) is 18.2 Å². The van der Waals surface area contributed by atoms with Gasteiger partial charge in [-0.15, -0.1) is 0 Å². The first-order chi connectivity index (χ1) is 10.6. The third-order valence-corrected chi connectivity index (χ3v) is 3.48. The molecule has 3 aromatic rings. The molecule has 0 aliphatic rings. The van der Waals surface area contributed by atoms with Crippen molar-refractivity contribution in [2.75, 3.05) is 19.0 Å². The first-order valence-corrected chi connectivity index (χ1v) is 6.98. The minimum absolute atomic E-state index is 0.124. The largest absolute Gasteiger partial charge is 0.378 e. The van der Waals surface area contributed by atoms with Crippen molar-refractivity contribution in [1.82, 2.24) is 20.7 Å². The molecule has 0 fully saturated rings. The molecular formula is C16H17N5O. The summed E-state index contributed by atoms with van der Waals surface area (Å²) in [7, 11) is 3.99. The Hall–Kier alpha value is -2.89. The van der Waals surface area contributed by atoms with Gasteiger partial charge in [0.1, 0.15) is 11.0 Å². The highest BCUT2D eigenvalue weighted by Gasteiger charge is 2.08. The molecular weight excluding hydrogens is 278 g/mol. The topological polar surface area (TPSA) is 73.9 Å². The fourth-order valence-electron chi connectivity index (χ4n) is 2.18. The van der Waals surface area contributed by atoms with E-state index < -0.39 is 0 Å². The summed E-state index contributed by atoms with van der Waals surface area (Å²) in [5.41, 5.74) is 4.19. The maximum Gasteiger partial charge on any atom is 0.251 e. The van der Waals surface area contributed by atoms with Crippen LogP contribution in [-0.2, 0) is 6.54 Å². The van der Waals surface area contributed by atoms with E-state index in [9.17, 15) is 4.79 Å². The SMILES string of the molecule is CN(C)c1ccc(CNC(=O)c2ccc3n[nH]nc3c2)cc1. The number of nitrogens with zero attached hydrogens (tertiary/aromatic N) is 3. The predicted octanol–water partition coefficient (Wildman–Crippen LogP) is 1.95. The minimum atomic E-state index is -0.124. The lowest BCUT2D eigenvalue weighted by Crippen LogP contribution is -2.22. The zero-order chi connectivity index (χ0) is 15.5. The van der Waals surface area contributed by atoms with E-state index in [-0.39, 0.29) is 5.91 Å². The summed E-state index contributed by atoms with van der Waals surface area (Å²) in [6, 6.07) is 13.3.